The van der Waals surface area contributed by atoms with E-state index in [1.54, 1.807) is 12.4 Å². The van der Waals surface area contributed by atoms with Crippen molar-refractivity contribution in [2.45, 2.75) is 27.3 Å². The molecule has 0 aliphatic rings. The molecule has 0 amide bonds. The molecule has 2 aromatic rings. The molecule has 118 valence electrons. The number of pyridine rings is 1. The molecule has 2 heterocycles. The molecule has 0 spiro atoms. The fraction of sp³-hybridized carbons (Fsp3) is 0.438. The molecule has 22 heavy (non-hydrogen) atoms. The standard InChI is InChI=1S/C16H23N5O/c1-4-21(5-2)15-13(8-7-9-17-15)10-18-16-19-11-14(12-20-16)22-6-3/h7-9,11-12H,4-6,10H2,1-3H3,(H,18,19,20). The number of anilines is 2. The Labute approximate surface area is 131 Å². The van der Waals surface area contributed by atoms with E-state index < -0.39 is 0 Å². The molecule has 0 radical (unpaired) electrons. The van der Waals surface area contributed by atoms with Crippen molar-refractivity contribution in [3.8, 4) is 5.75 Å². The van der Waals surface area contributed by atoms with Gasteiger partial charge in [-0.05, 0) is 26.8 Å². The minimum atomic E-state index is 0.581. The first-order chi connectivity index (χ1) is 10.8. The van der Waals surface area contributed by atoms with Crippen LogP contribution in [0.4, 0.5) is 11.8 Å². The third-order valence-electron chi connectivity index (χ3n) is 3.31. The van der Waals surface area contributed by atoms with E-state index in [0.29, 0.717) is 24.8 Å². The minimum absolute atomic E-state index is 0.581. The normalized spacial score (nSPS) is 10.3. The molecule has 0 fully saturated rings. The van der Waals surface area contributed by atoms with E-state index in [1.807, 2.05) is 19.2 Å². The lowest BCUT2D eigenvalue weighted by molar-refractivity contribution is 0.337. The van der Waals surface area contributed by atoms with Crippen molar-refractivity contribution >= 4 is 11.8 Å². The topological polar surface area (TPSA) is 63.2 Å². The van der Waals surface area contributed by atoms with Gasteiger partial charge in [0.05, 0.1) is 19.0 Å². The summed E-state index contributed by atoms with van der Waals surface area (Å²) in [4.78, 5) is 15.2. The highest BCUT2D eigenvalue weighted by atomic mass is 16.5. The zero-order chi connectivity index (χ0) is 15.8. The Balaban J connectivity index is 2.05. The zero-order valence-corrected chi connectivity index (χ0v) is 13.4. The number of nitrogens with zero attached hydrogens (tertiary/aromatic N) is 4. The van der Waals surface area contributed by atoms with Crippen molar-refractivity contribution < 1.29 is 4.74 Å². The minimum Gasteiger partial charge on any atom is -0.491 e. The highest BCUT2D eigenvalue weighted by Gasteiger charge is 2.09. The molecular weight excluding hydrogens is 278 g/mol. The van der Waals surface area contributed by atoms with E-state index in [1.165, 1.54) is 0 Å². The number of hydrogen-bond donors (Lipinski definition) is 1. The average Bonchev–Trinajstić information content (AvgIpc) is 2.57. The van der Waals surface area contributed by atoms with Gasteiger partial charge in [0.15, 0.2) is 5.75 Å². The van der Waals surface area contributed by atoms with Crippen LogP contribution in [0.3, 0.4) is 0 Å². The maximum atomic E-state index is 5.33. The predicted octanol–water partition coefficient (Wildman–Crippen LogP) is 2.73. The summed E-state index contributed by atoms with van der Waals surface area (Å²) in [6, 6.07) is 4.02. The number of ether oxygens (including phenoxy) is 1. The van der Waals surface area contributed by atoms with Crippen LogP contribution in [-0.4, -0.2) is 34.6 Å². The number of aromatic nitrogens is 3. The quantitative estimate of drug-likeness (QED) is 0.809. The van der Waals surface area contributed by atoms with Gasteiger partial charge in [-0.25, -0.2) is 15.0 Å². The van der Waals surface area contributed by atoms with Gasteiger partial charge in [0.2, 0.25) is 5.95 Å². The van der Waals surface area contributed by atoms with Crippen LogP contribution in [0.5, 0.6) is 5.75 Å². The molecule has 6 nitrogen and oxygen atoms in total. The fourth-order valence-corrected chi connectivity index (χ4v) is 2.20. The first kappa shape index (κ1) is 16.0. The van der Waals surface area contributed by atoms with Crippen molar-refractivity contribution in [2.75, 3.05) is 29.9 Å². The van der Waals surface area contributed by atoms with Crippen LogP contribution in [0.25, 0.3) is 0 Å². The Kier molecular flexibility index (Phi) is 5.94. The van der Waals surface area contributed by atoms with Crippen LogP contribution in [0.15, 0.2) is 30.7 Å². The lowest BCUT2D eigenvalue weighted by Crippen LogP contribution is -2.24. The largest absolute Gasteiger partial charge is 0.491 e. The molecule has 2 rings (SSSR count). The van der Waals surface area contributed by atoms with Crippen molar-refractivity contribution in [3.63, 3.8) is 0 Å². The van der Waals surface area contributed by atoms with Gasteiger partial charge in [0, 0.05) is 31.4 Å². The number of nitrogens with one attached hydrogen (secondary N) is 1. The SMILES string of the molecule is CCOc1cnc(NCc2cccnc2N(CC)CC)nc1. The molecule has 0 bridgehead atoms. The fourth-order valence-electron chi connectivity index (χ4n) is 2.20. The number of rotatable bonds is 8. The second-order valence-electron chi connectivity index (χ2n) is 4.69. The summed E-state index contributed by atoms with van der Waals surface area (Å²) in [5.41, 5.74) is 1.13. The molecule has 2 aromatic heterocycles. The highest BCUT2D eigenvalue weighted by molar-refractivity contribution is 5.48. The van der Waals surface area contributed by atoms with Gasteiger partial charge in [-0.1, -0.05) is 6.07 Å². The summed E-state index contributed by atoms with van der Waals surface area (Å²) in [7, 11) is 0. The van der Waals surface area contributed by atoms with Crippen LogP contribution >= 0.6 is 0 Å². The van der Waals surface area contributed by atoms with Crippen molar-refractivity contribution in [2.24, 2.45) is 0 Å². The highest BCUT2D eigenvalue weighted by Crippen LogP contribution is 2.18. The molecule has 0 saturated carbocycles. The van der Waals surface area contributed by atoms with Gasteiger partial charge in [-0.2, -0.15) is 0 Å². The van der Waals surface area contributed by atoms with Crippen LogP contribution in [-0.2, 0) is 6.54 Å². The summed E-state index contributed by atoms with van der Waals surface area (Å²) >= 11 is 0. The van der Waals surface area contributed by atoms with E-state index >= 15 is 0 Å². The molecule has 1 N–H and O–H groups in total. The zero-order valence-electron chi connectivity index (χ0n) is 13.4. The monoisotopic (exact) mass is 301 g/mol. The maximum Gasteiger partial charge on any atom is 0.223 e. The van der Waals surface area contributed by atoms with Crippen molar-refractivity contribution in [1.82, 2.24) is 15.0 Å². The summed E-state index contributed by atoms with van der Waals surface area (Å²) in [6.07, 6.45) is 5.17. The summed E-state index contributed by atoms with van der Waals surface area (Å²) < 4.78 is 5.33. The Morgan fingerprint density at radius 3 is 2.45 bits per heavy atom. The van der Waals surface area contributed by atoms with E-state index in [0.717, 1.165) is 24.5 Å². The third kappa shape index (κ3) is 4.07. The first-order valence-electron chi connectivity index (χ1n) is 7.66. The summed E-state index contributed by atoms with van der Waals surface area (Å²) in [5, 5.41) is 3.23. The first-order valence-corrected chi connectivity index (χ1v) is 7.66. The van der Waals surface area contributed by atoms with Gasteiger partial charge >= 0.3 is 0 Å². The van der Waals surface area contributed by atoms with Gasteiger partial charge in [-0.15, -0.1) is 0 Å². The third-order valence-corrected chi connectivity index (χ3v) is 3.31. The van der Waals surface area contributed by atoms with Gasteiger partial charge < -0.3 is 15.0 Å². The Morgan fingerprint density at radius 2 is 1.82 bits per heavy atom. The van der Waals surface area contributed by atoms with Crippen molar-refractivity contribution in [1.29, 1.82) is 0 Å². The average molecular weight is 301 g/mol. The predicted molar refractivity (Wildman–Crippen MR) is 88.3 cm³/mol. The lowest BCUT2D eigenvalue weighted by atomic mass is 10.2. The second kappa shape index (κ2) is 8.17. The Hall–Kier alpha value is -2.37. The van der Waals surface area contributed by atoms with Crippen LogP contribution < -0.4 is 15.0 Å². The second-order valence-corrected chi connectivity index (χ2v) is 4.69. The van der Waals surface area contributed by atoms with E-state index in [-0.39, 0.29) is 0 Å². The smallest absolute Gasteiger partial charge is 0.223 e. The molecule has 0 aromatic carbocycles. The molecule has 0 atom stereocenters. The molecule has 0 unspecified atom stereocenters. The maximum absolute atomic E-state index is 5.33. The van der Waals surface area contributed by atoms with Gasteiger partial charge in [0.1, 0.15) is 5.82 Å². The molecule has 0 aliphatic carbocycles. The van der Waals surface area contributed by atoms with Crippen LogP contribution in [0.1, 0.15) is 26.3 Å². The summed E-state index contributed by atoms with van der Waals surface area (Å²) in [6.45, 7) is 9.30. The van der Waals surface area contributed by atoms with Gasteiger partial charge in [0.25, 0.3) is 0 Å². The van der Waals surface area contributed by atoms with E-state index in [4.69, 9.17) is 4.74 Å². The molecular formula is C16H23N5O. The van der Waals surface area contributed by atoms with Crippen LogP contribution in [0.2, 0.25) is 0 Å². The molecule has 0 saturated heterocycles. The molecule has 6 heteroatoms. The number of hydrogen-bond acceptors (Lipinski definition) is 6. The Morgan fingerprint density at radius 1 is 1.09 bits per heavy atom. The summed E-state index contributed by atoms with van der Waals surface area (Å²) in [5.74, 6) is 2.27. The van der Waals surface area contributed by atoms with Gasteiger partial charge in [-0.3, -0.25) is 0 Å². The van der Waals surface area contributed by atoms with E-state index in [9.17, 15) is 0 Å². The lowest BCUT2D eigenvalue weighted by Gasteiger charge is -2.22. The molecule has 0 aliphatic heterocycles. The van der Waals surface area contributed by atoms with E-state index in [2.05, 4.69) is 45.1 Å². The van der Waals surface area contributed by atoms with Crippen LogP contribution in [0, 0.1) is 0 Å². The Bertz CT molecular complexity index is 569. The van der Waals surface area contributed by atoms with Crippen molar-refractivity contribution in [3.05, 3.63) is 36.3 Å².